The number of furan rings is 1. The van der Waals surface area contributed by atoms with Gasteiger partial charge in [0, 0.05) is 12.8 Å². The lowest BCUT2D eigenvalue weighted by atomic mass is 10.1. The van der Waals surface area contributed by atoms with Gasteiger partial charge in [0.2, 0.25) is 5.91 Å². The minimum absolute atomic E-state index is 0.116. The summed E-state index contributed by atoms with van der Waals surface area (Å²) in [6, 6.07) is 17.7. The fraction of sp³-hybridized carbons (Fsp3) is 0.182. The molecule has 28 heavy (non-hydrogen) atoms. The summed E-state index contributed by atoms with van der Waals surface area (Å²) in [6.45, 7) is 0. The van der Waals surface area contributed by atoms with E-state index in [4.69, 9.17) is 9.15 Å². The monoisotopic (exact) mass is 381 g/mol. The molecule has 5 nitrogen and oxygen atoms in total. The van der Waals surface area contributed by atoms with Crippen molar-refractivity contribution in [2.75, 3.05) is 7.11 Å². The maximum Gasteiger partial charge on any atom is 0.333 e. The van der Waals surface area contributed by atoms with Gasteiger partial charge in [-0.25, -0.2) is 9.18 Å². The molecule has 0 aliphatic carbocycles. The van der Waals surface area contributed by atoms with E-state index in [2.05, 4.69) is 5.32 Å². The first-order valence-corrected chi connectivity index (χ1v) is 8.84. The van der Waals surface area contributed by atoms with Gasteiger partial charge in [-0.05, 0) is 29.8 Å². The number of methoxy groups -OCH3 is 1. The van der Waals surface area contributed by atoms with E-state index in [-0.39, 0.29) is 18.1 Å². The van der Waals surface area contributed by atoms with Crippen LogP contribution in [0.3, 0.4) is 0 Å². The van der Waals surface area contributed by atoms with Crippen LogP contribution < -0.4 is 5.32 Å². The summed E-state index contributed by atoms with van der Waals surface area (Å²) >= 11 is 0. The number of hydrogen-bond acceptors (Lipinski definition) is 4. The molecule has 3 rings (SSSR count). The number of carbonyl (C=O) groups is 2. The van der Waals surface area contributed by atoms with Crippen molar-refractivity contribution in [2.24, 2.45) is 0 Å². The van der Waals surface area contributed by atoms with Crippen molar-refractivity contribution in [2.45, 2.75) is 18.9 Å². The summed E-state index contributed by atoms with van der Waals surface area (Å²) in [5.74, 6) is -0.264. The molecule has 0 fully saturated rings. The number of halogens is 1. The highest BCUT2D eigenvalue weighted by Crippen LogP contribution is 2.25. The Morgan fingerprint density at radius 1 is 1.04 bits per heavy atom. The van der Waals surface area contributed by atoms with E-state index in [0.29, 0.717) is 29.1 Å². The second-order valence-corrected chi connectivity index (χ2v) is 6.18. The summed E-state index contributed by atoms with van der Waals surface area (Å²) in [5, 5.41) is 2.69. The van der Waals surface area contributed by atoms with Crippen molar-refractivity contribution < 1.29 is 23.1 Å². The number of nitrogens with one attached hydrogen (secondary N) is 1. The van der Waals surface area contributed by atoms with Crippen LogP contribution in [0.2, 0.25) is 0 Å². The molecule has 1 heterocycles. The van der Waals surface area contributed by atoms with Crippen molar-refractivity contribution in [1.29, 1.82) is 0 Å². The highest BCUT2D eigenvalue weighted by Gasteiger charge is 2.23. The standard InChI is InChI=1S/C22H20FNO4/c1-27-22(26)21(15-7-3-2-4-8-15)24-20(25)14-12-16-11-13-19(28-16)17-9-5-6-10-18(17)23/h2-11,13,21H,12,14H2,1H3,(H,24,25). The lowest BCUT2D eigenvalue weighted by Crippen LogP contribution is -2.34. The zero-order valence-corrected chi connectivity index (χ0v) is 15.4. The molecule has 1 atom stereocenters. The van der Waals surface area contributed by atoms with Crippen LogP contribution in [0.25, 0.3) is 11.3 Å². The van der Waals surface area contributed by atoms with E-state index in [1.165, 1.54) is 13.2 Å². The third kappa shape index (κ3) is 4.65. The highest BCUT2D eigenvalue weighted by atomic mass is 19.1. The van der Waals surface area contributed by atoms with E-state index in [0.717, 1.165) is 0 Å². The molecule has 1 unspecified atom stereocenters. The first-order valence-electron chi connectivity index (χ1n) is 8.84. The zero-order valence-electron chi connectivity index (χ0n) is 15.4. The Balaban J connectivity index is 1.62. The normalized spacial score (nSPS) is 11.6. The van der Waals surface area contributed by atoms with Gasteiger partial charge >= 0.3 is 5.97 Å². The van der Waals surface area contributed by atoms with E-state index >= 15 is 0 Å². The van der Waals surface area contributed by atoms with Crippen LogP contribution in [-0.4, -0.2) is 19.0 Å². The van der Waals surface area contributed by atoms with Gasteiger partial charge in [-0.2, -0.15) is 0 Å². The number of ether oxygens (including phenoxy) is 1. The van der Waals surface area contributed by atoms with Crippen molar-refractivity contribution in [3.63, 3.8) is 0 Å². The zero-order chi connectivity index (χ0) is 19.9. The fourth-order valence-electron chi connectivity index (χ4n) is 2.83. The van der Waals surface area contributed by atoms with Gasteiger partial charge in [-0.1, -0.05) is 42.5 Å². The van der Waals surface area contributed by atoms with Gasteiger partial charge in [0.05, 0.1) is 12.7 Å². The molecule has 0 aliphatic heterocycles. The number of benzene rings is 2. The van der Waals surface area contributed by atoms with Gasteiger partial charge in [-0.3, -0.25) is 4.79 Å². The second-order valence-electron chi connectivity index (χ2n) is 6.18. The van der Waals surface area contributed by atoms with Gasteiger partial charge in [0.1, 0.15) is 17.3 Å². The molecule has 0 bridgehead atoms. The van der Waals surface area contributed by atoms with Crippen LogP contribution in [0, 0.1) is 5.82 Å². The fourth-order valence-corrected chi connectivity index (χ4v) is 2.83. The molecule has 1 amide bonds. The molecule has 0 spiro atoms. The Morgan fingerprint density at radius 2 is 1.75 bits per heavy atom. The summed E-state index contributed by atoms with van der Waals surface area (Å²) in [4.78, 5) is 24.4. The number of esters is 1. The molecule has 6 heteroatoms. The van der Waals surface area contributed by atoms with Gasteiger partial charge in [0.15, 0.2) is 6.04 Å². The molecule has 3 aromatic rings. The lowest BCUT2D eigenvalue weighted by molar-refractivity contribution is -0.145. The Hall–Kier alpha value is -3.41. The van der Waals surface area contributed by atoms with Crippen molar-refractivity contribution in [3.05, 3.63) is 83.9 Å². The minimum atomic E-state index is -0.871. The average molecular weight is 381 g/mol. The average Bonchev–Trinajstić information content (AvgIpc) is 3.19. The van der Waals surface area contributed by atoms with Crippen LogP contribution in [0.4, 0.5) is 4.39 Å². The predicted molar refractivity (Wildman–Crippen MR) is 102 cm³/mol. The molecule has 0 aliphatic rings. The maximum absolute atomic E-state index is 13.8. The maximum atomic E-state index is 13.8. The first kappa shape index (κ1) is 19.4. The summed E-state index contributed by atoms with van der Waals surface area (Å²) in [7, 11) is 1.28. The first-order chi connectivity index (χ1) is 13.6. The van der Waals surface area contributed by atoms with Gasteiger partial charge in [0.25, 0.3) is 0 Å². The molecule has 0 saturated carbocycles. The molecule has 0 saturated heterocycles. The van der Waals surface area contributed by atoms with Crippen LogP contribution in [-0.2, 0) is 20.7 Å². The molecule has 2 aromatic carbocycles. The van der Waals surface area contributed by atoms with Crippen LogP contribution >= 0.6 is 0 Å². The molecule has 1 aromatic heterocycles. The Morgan fingerprint density at radius 3 is 2.46 bits per heavy atom. The molecule has 144 valence electrons. The summed E-state index contributed by atoms with van der Waals surface area (Å²) in [5.41, 5.74) is 1.01. The summed E-state index contributed by atoms with van der Waals surface area (Å²) < 4.78 is 24.3. The molecule has 1 N–H and O–H groups in total. The number of carbonyl (C=O) groups excluding carboxylic acids is 2. The van der Waals surface area contributed by atoms with Gasteiger partial charge in [-0.15, -0.1) is 0 Å². The summed E-state index contributed by atoms with van der Waals surface area (Å²) in [6.07, 6.45) is 0.438. The van der Waals surface area contributed by atoms with Crippen LogP contribution in [0.5, 0.6) is 0 Å². The number of rotatable bonds is 7. The third-order valence-electron chi connectivity index (χ3n) is 4.27. The largest absolute Gasteiger partial charge is 0.467 e. The van der Waals surface area contributed by atoms with Crippen molar-refractivity contribution >= 4 is 11.9 Å². The number of hydrogen-bond donors (Lipinski definition) is 1. The van der Waals surface area contributed by atoms with Crippen LogP contribution in [0.15, 0.2) is 71.1 Å². The Kier molecular flexibility index (Phi) is 6.22. The molecular weight excluding hydrogens is 361 g/mol. The number of aryl methyl sites for hydroxylation is 1. The van der Waals surface area contributed by atoms with E-state index < -0.39 is 12.0 Å². The van der Waals surface area contributed by atoms with Crippen LogP contribution in [0.1, 0.15) is 23.8 Å². The lowest BCUT2D eigenvalue weighted by Gasteiger charge is -2.16. The minimum Gasteiger partial charge on any atom is -0.467 e. The van der Waals surface area contributed by atoms with E-state index in [1.54, 1.807) is 54.6 Å². The van der Waals surface area contributed by atoms with Crippen molar-refractivity contribution in [1.82, 2.24) is 5.32 Å². The third-order valence-corrected chi connectivity index (χ3v) is 4.27. The van der Waals surface area contributed by atoms with E-state index in [1.807, 2.05) is 6.07 Å². The quantitative estimate of drug-likeness (QED) is 0.627. The van der Waals surface area contributed by atoms with Gasteiger partial charge < -0.3 is 14.5 Å². The number of amides is 1. The van der Waals surface area contributed by atoms with Crippen molar-refractivity contribution in [3.8, 4) is 11.3 Å². The second kappa shape index (κ2) is 8.99. The molecule has 0 radical (unpaired) electrons. The molecular formula is C22H20FNO4. The highest BCUT2D eigenvalue weighted by molar-refractivity contribution is 5.85. The topological polar surface area (TPSA) is 68.5 Å². The Bertz CT molecular complexity index is 952. The Labute approximate surface area is 162 Å². The van der Waals surface area contributed by atoms with E-state index in [9.17, 15) is 14.0 Å². The smallest absolute Gasteiger partial charge is 0.333 e. The SMILES string of the molecule is COC(=O)C(NC(=O)CCc1ccc(-c2ccccc2F)o1)c1ccccc1. The predicted octanol–water partition coefficient (Wildman–Crippen LogP) is 4.05.